The summed E-state index contributed by atoms with van der Waals surface area (Å²) >= 11 is 0. The first-order chi connectivity index (χ1) is 13.6. The number of hydrogen-bond donors (Lipinski definition) is 2. The molecule has 144 valence electrons. The first kappa shape index (κ1) is 18.0. The van der Waals surface area contributed by atoms with Gasteiger partial charge in [-0.2, -0.15) is 4.68 Å². The minimum absolute atomic E-state index is 0.0528. The van der Waals surface area contributed by atoms with Crippen molar-refractivity contribution in [3.63, 3.8) is 0 Å². The molecule has 8 heteroatoms. The maximum atomic E-state index is 12.4. The zero-order valence-corrected chi connectivity index (χ0v) is 15.6. The molecule has 2 N–H and O–H groups in total. The van der Waals surface area contributed by atoms with Crippen LogP contribution >= 0.6 is 0 Å². The van der Waals surface area contributed by atoms with Gasteiger partial charge in [0.05, 0.1) is 17.6 Å². The van der Waals surface area contributed by atoms with E-state index in [1.807, 2.05) is 18.2 Å². The minimum atomic E-state index is -0.492. The van der Waals surface area contributed by atoms with Crippen LogP contribution < -0.4 is 15.9 Å². The number of piperidine rings is 1. The number of nitrogens with one attached hydrogen (secondary N) is 2. The van der Waals surface area contributed by atoms with E-state index in [2.05, 4.69) is 32.2 Å². The van der Waals surface area contributed by atoms with Crippen LogP contribution in [-0.4, -0.2) is 38.7 Å². The van der Waals surface area contributed by atoms with E-state index < -0.39 is 11.6 Å². The largest absolute Gasteiger partial charge is 0.357 e. The molecule has 1 aliphatic heterocycles. The maximum Gasteiger partial charge on any atom is 0.348 e. The quantitative estimate of drug-likeness (QED) is 0.727. The van der Waals surface area contributed by atoms with E-state index >= 15 is 0 Å². The Morgan fingerprint density at radius 1 is 1.14 bits per heavy atom. The van der Waals surface area contributed by atoms with Gasteiger partial charge in [-0.3, -0.25) is 9.78 Å². The predicted molar refractivity (Wildman–Crippen MR) is 107 cm³/mol. The number of amides is 1. The van der Waals surface area contributed by atoms with Crippen LogP contribution in [0.1, 0.15) is 30.4 Å². The van der Waals surface area contributed by atoms with E-state index in [1.165, 1.54) is 0 Å². The summed E-state index contributed by atoms with van der Waals surface area (Å²) in [5.41, 5.74) is 0.669. The predicted octanol–water partition coefficient (Wildman–Crippen LogP) is 2.44. The van der Waals surface area contributed by atoms with Crippen molar-refractivity contribution in [1.82, 2.24) is 19.7 Å². The smallest absolute Gasteiger partial charge is 0.348 e. The number of para-hydroxylation sites is 1. The lowest BCUT2D eigenvalue weighted by Gasteiger charge is -2.31. The molecular weight excluding hydrogens is 356 g/mol. The SMILES string of the molecule is CC1CCN(c2ccc(NC(=O)c3nn(-c4ccccc4)c(=O)[nH]3)cn2)CC1. The Bertz CT molecular complexity index is 1000. The van der Waals surface area contributed by atoms with Gasteiger partial charge in [-0.15, -0.1) is 5.10 Å². The topological polar surface area (TPSA) is 95.9 Å². The molecule has 1 saturated heterocycles. The van der Waals surface area contributed by atoms with Gasteiger partial charge < -0.3 is 10.2 Å². The van der Waals surface area contributed by atoms with Crippen molar-refractivity contribution in [3.8, 4) is 5.69 Å². The molecule has 3 aromatic rings. The summed E-state index contributed by atoms with van der Waals surface area (Å²) < 4.78 is 1.16. The molecule has 1 fully saturated rings. The minimum Gasteiger partial charge on any atom is -0.357 e. The highest BCUT2D eigenvalue weighted by Gasteiger charge is 2.18. The fourth-order valence-corrected chi connectivity index (χ4v) is 3.25. The molecule has 8 nitrogen and oxygen atoms in total. The second-order valence-corrected chi connectivity index (χ2v) is 7.05. The number of anilines is 2. The molecule has 0 bridgehead atoms. The highest BCUT2D eigenvalue weighted by atomic mass is 16.2. The molecule has 1 aliphatic rings. The maximum absolute atomic E-state index is 12.4. The lowest BCUT2D eigenvalue weighted by atomic mass is 9.99. The summed E-state index contributed by atoms with van der Waals surface area (Å²) in [6, 6.07) is 12.6. The molecule has 0 atom stereocenters. The number of carbonyl (C=O) groups is 1. The van der Waals surface area contributed by atoms with Gasteiger partial charge in [0, 0.05) is 13.1 Å². The Labute approximate surface area is 162 Å². The average molecular weight is 378 g/mol. The first-order valence-electron chi connectivity index (χ1n) is 9.37. The molecule has 2 aromatic heterocycles. The zero-order valence-electron chi connectivity index (χ0n) is 15.6. The number of hydrogen-bond acceptors (Lipinski definition) is 5. The normalized spacial score (nSPS) is 14.8. The molecule has 0 spiro atoms. The molecule has 3 heterocycles. The molecule has 0 saturated carbocycles. The third-order valence-corrected chi connectivity index (χ3v) is 4.95. The third-order valence-electron chi connectivity index (χ3n) is 4.95. The number of H-pyrrole nitrogens is 1. The van der Waals surface area contributed by atoms with Crippen molar-refractivity contribution in [2.75, 3.05) is 23.3 Å². The van der Waals surface area contributed by atoms with Crippen LogP contribution in [-0.2, 0) is 0 Å². The number of pyridine rings is 1. The van der Waals surface area contributed by atoms with E-state index in [4.69, 9.17) is 0 Å². The van der Waals surface area contributed by atoms with Crippen LogP contribution in [0.4, 0.5) is 11.5 Å². The summed E-state index contributed by atoms with van der Waals surface area (Å²) in [7, 11) is 0. The van der Waals surface area contributed by atoms with E-state index in [1.54, 1.807) is 30.5 Å². The number of rotatable bonds is 4. The van der Waals surface area contributed by atoms with Crippen LogP contribution in [0.15, 0.2) is 53.5 Å². The van der Waals surface area contributed by atoms with Crippen molar-refractivity contribution in [3.05, 3.63) is 65.0 Å². The van der Waals surface area contributed by atoms with Crippen molar-refractivity contribution >= 4 is 17.4 Å². The summed E-state index contributed by atoms with van der Waals surface area (Å²) in [6.07, 6.45) is 3.95. The van der Waals surface area contributed by atoms with E-state index in [9.17, 15) is 9.59 Å². The monoisotopic (exact) mass is 378 g/mol. The summed E-state index contributed by atoms with van der Waals surface area (Å²) in [5.74, 6) is 1.12. The van der Waals surface area contributed by atoms with Crippen molar-refractivity contribution in [2.24, 2.45) is 5.92 Å². The lowest BCUT2D eigenvalue weighted by Crippen LogP contribution is -2.33. The van der Waals surface area contributed by atoms with Crippen LogP contribution in [0.25, 0.3) is 5.69 Å². The average Bonchev–Trinajstić information content (AvgIpc) is 3.12. The molecule has 0 radical (unpaired) electrons. The lowest BCUT2D eigenvalue weighted by molar-refractivity contribution is 0.101. The molecule has 1 aromatic carbocycles. The number of aromatic amines is 1. The van der Waals surface area contributed by atoms with Gasteiger partial charge in [0.25, 0.3) is 5.91 Å². The Balaban J connectivity index is 1.45. The van der Waals surface area contributed by atoms with Crippen LogP contribution in [0.5, 0.6) is 0 Å². The fraction of sp³-hybridized carbons (Fsp3) is 0.300. The Morgan fingerprint density at radius 3 is 2.57 bits per heavy atom. The highest BCUT2D eigenvalue weighted by Crippen LogP contribution is 2.22. The van der Waals surface area contributed by atoms with Crippen LogP contribution in [0.2, 0.25) is 0 Å². The van der Waals surface area contributed by atoms with Gasteiger partial charge in [0.2, 0.25) is 5.82 Å². The van der Waals surface area contributed by atoms with Crippen LogP contribution in [0, 0.1) is 5.92 Å². The first-order valence-corrected chi connectivity index (χ1v) is 9.37. The zero-order chi connectivity index (χ0) is 19.5. The van der Waals surface area contributed by atoms with Crippen molar-refractivity contribution in [2.45, 2.75) is 19.8 Å². The summed E-state index contributed by atoms with van der Waals surface area (Å²) in [5, 5.41) is 6.80. The molecule has 1 amide bonds. The standard InChI is InChI=1S/C20H22N6O2/c1-14-9-11-25(12-10-14)17-8-7-15(13-21-17)22-19(27)18-23-20(28)26(24-18)16-5-3-2-4-6-16/h2-8,13-14H,9-12H2,1H3,(H,22,27)(H,23,24,28). The highest BCUT2D eigenvalue weighted by molar-refractivity contribution is 6.01. The fourth-order valence-electron chi connectivity index (χ4n) is 3.25. The molecule has 4 rings (SSSR count). The molecular formula is C20H22N6O2. The Morgan fingerprint density at radius 2 is 1.89 bits per heavy atom. The van der Waals surface area contributed by atoms with Crippen molar-refractivity contribution < 1.29 is 4.79 Å². The number of aromatic nitrogens is 4. The van der Waals surface area contributed by atoms with Gasteiger partial charge in [0.1, 0.15) is 5.82 Å². The third kappa shape index (κ3) is 3.80. The van der Waals surface area contributed by atoms with Crippen molar-refractivity contribution in [1.29, 1.82) is 0 Å². The van der Waals surface area contributed by atoms with Gasteiger partial charge in [-0.1, -0.05) is 25.1 Å². The Hall–Kier alpha value is -3.42. The molecule has 0 aliphatic carbocycles. The van der Waals surface area contributed by atoms with Gasteiger partial charge in [-0.05, 0) is 43.0 Å². The van der Waals surface area contributed by atoms with Gasteiger partial charge in [0.15, 0.2) is 0 Å². The van der Waals surface area contributed by atoms with E-state index in [-0.39, 0.29) is 5.82 Å². The summed E-state index contributed by atoms with van der Waals surface area (Å²) in [4.78, 5) is 33.7. The summed E-state index contributed by atoms with van der Waals surface area (Å²) in [6.45, 7) is 4.27. The number of nitrogens with zero attached hydrogens (tertiary/aromatic N) is 4. The molecule has 28 heavy (non-hydrogen) atoms. The van der Waals surface area contributed by atoms with E-state index in [0.717, 1.165) is 42.3 Å². The van der Waals surface area contributed by atoms with Gasteiger partial charge >= 0.3 is 5.69 Å². The molecule has 0 unspecified atom stereocenters. The Kier molecular flexibility index (Phi) is 4.92. The second-order valence-electron chi connectivity index (χ2n) is 7.05. The van der Waals surface area contributed by atoms with Gasteiger partial charge in [-0.25, -0.2) is 9.78 Å². The van der Waals surface area contributed by atoms with Crippen LogP contribution in [0.3, 0.4) is 0 Å². The number of benzene rings is 1. The number of carbonyl (C=O) groups excluding carboxylic acids is 1. The second kappa shape index (κ2) is 7.67. The van der Waals surface area contributed by atoms with E-state index in [0.29, 0.717) is 11.4 Å².